The van der Waals surface area contributed by atoms with Gasteiger partial charge in [-0.05, 0) is 12.1 Å². The molecule has 2 nitrogen and oxygen atoms in total. The summed E-state index contributed by atoms with van der Waals surface area (Å²) < 4.78 is 0. The van der Waals surface area contributed by atoms with Crippen LogP contribution in [0.5, 0.6) is 0 Å². The van der Waals surface area contributed by atoms with Gasteiger partial charge in [-0.3, -0.25) is 0 Å². The molecule has 4 heteroatoms. The molecule has 2 rings (SSSR count). The molecule has 68 valence electrons. The van der Waals surface area contributed by atoms with E-state index in [0.717, 1.165) is 16.5 Å². The summed E-state index contributed by atoms with van der Waals surface area (Å²) in [7, 11) is 0. The van der Waals surface area contributed by atoms with Crippen molar-refractivity contribution in [2.75, 3.05) is 0 Å². The predicted octanol–water partition coefficient (Wildman–Crippen LogP) is 2.97. The van der Waals surface area contributed by atoms with Gasteiger partial charge in [0.2, 0.25) is 0 Å². The predicted molar refractivity (Wildman–Crippen MR) is 54.2 cm³/mol. The number of halogens is 2. The van der Waals surface area contributed by atoms with Crippen molar-refractivity contribution >= 4 is 34.1 Å². The molecule has 1 aromatic heterocycles. The minimum Gasteiger partial charge on any atom is -0.392 e. The molecule has 0 saturated carbocycles. The average Bonchev–Trinajstić information content (AvgIpc) is 2.60. The number of nitrogens with one attached hydrogen (secondary N) is 1. The maximum absolute atomic E-state index is 9.05. The van der Waals surface area contributed by atoms with Crippen LogP contribution in [-0.4, -0.2) is 10.1 Å². The lowest BCUT2D eigenvalue weighted by molar-refractivity contribution is 0.283. The Morgan fingerprint density at radius 2 is 2.15 bits per heavy atom. The average molecular weight is 216 g/mol. The number of aliphatic hydroxyl groups excluding tert-OH is 1. The van der Waals surface area contributed by atoms with Gasteiger partial charge >= 0.3 is 0 Å². The summed E-state index contributed by atoms with van der Waals surface area (Å²) in [6.45, 7) is -0.0477. The lowest BCUT2D eigenvalue weighted by Crippen LogP contribution is -1.86. The van der Waals surface area contributed by atoms with Crippen molar-refractivity contribution in [2.45, 2.75) is 6.61 Å². The van der Waals surface area contributed by atoms with Crippen LogP contribution in [0, 0.1) is 0 Å². The van der Waals surface area contributed by atoms with Crippen LogP contribution in [0.1, 0.15) is 5.56 Å². The van der Waals surface area contributed by atoms with Crippen molar-refractivity contribution in [1.82, 2.24) is 4.98 Å². The molecule has 0 saturated heterocycles. The molecule has 0 spiro atoms. The molecular weight excluding hydrogens is 209 g/mol. The van der Waals surface area contributed by atoms with E-state index in [4.69, 9.17) is 28.3 Å². The maximum atomic E-state index is 9.05. The lowest BCUT2D eigenvalue weighted by atomic mass is 10.1. The maximum Gasteiger partial charge on any atom is 0.0702 e. The second kappa shape index (κ2) is 3.22. The second-order valence-electron chi connectivity index (χ2n) is 2.76. The first-order valence-corrected chi connectivity index (χ1v) is 4.54. The molecule has 1 heterocycles. The Morgan fingerprint density at radius 3 is 2.85 bits per heavy atom. The SMILES string of the molecule is OCc1cc(Cl)c(Cl)c2cc[nH]c12. The summed E-state index contributed by atoms with van der Waals surface area (Å²) in [5.41, 5.74) is 1.60. The van der Waals surface area contributed by atoms with E-state index in [1.807, 2.05) is 6.07 Å². The van der Waals surface area contributed by atoms with Gasteiger partial charge in [-0.25, -0.2) is 0 Å². The number of aromatic nitrogens is 1. The summed E-state index contributed by atoms with van der Waals surface area (Å²) in [4.78, 5) is 3.00. The molecule has 2 N–H and O–H groups in total. The third kappa shape index (κ3) is 1.31. The van der Waals surface area contributed by atoms with E-state index in [9.17, 15) is 0 Å². The Bertz CT molecular complexity index is 450. The van der Waals surface area contributed by atoms with Crippen molar-refractivity contribution < 1.29 is 5.11 Å². The molecule has 0 radical (unpaired) electrons. The van der Waals surface area contributed by atoms with E-state index in [1.165, 1.54) is 0 Å². The first-order chi connectivity index (χ1) is 6.24. The molecule has 1 aromatic carbocycles. The van der Waals surface area contributed by atoms with Crippen LogP contribution in [0.4, 0.5) is 0 Å². The zero-order valence-corrected chi connectivity index (χ0v) is 8.15. The van der Waals surface area contributed by atoms with Crippen LogP contribution < -0.4 is 0 Å². The molecular formula is C9H7Cl2NO. The number of aliphatic hydroxyl groups is 1. The van der Waals surface area contributed by atoms with Gasteiger partial charge in [-0.1, -0.05) is 23.2 Å². The fourth-order valence-electron chi connectivity index (χ4n) is 1.36. The van der Waals surface area contributed by atoms with E-state index >= 15 is 0 Å². The minimum atomic E-state index is -0.0477. The third-order valence-corrected chi connectivity index (χ3v) is 2.79. The van der Waals surface area contributed by atoms with Crippen molar-refractivity contribution in [1.29, 1.82) is 0 Å². The highest BCUT2D eigenvalue weighted by Crippen LogP contribution is 2.32. The van der Waals surface area contributed by atoms with Gasteiger partial charge in [0.05, 0.1) is 22.2 Å². The molecule has 0 bridgehead atoms. The summed E-state index contributed by atoms with van der Waals surface area (Å²) in [5, 5.41) is 10.9. The molecule has 0 amide bonds. The van der Waals surface area contributed by atoms with Crippen LogP contribution in [0.2, 0.25) is 10.0 Å². The number of aromatic amines is 1. The summed E-state index contributed by atoms with van der Waals surface area (Å²) in [5.74, 6) is 0. The van der Waals surface area contributed by atoms with Crippen LogP contribution >= 0.6 is 23.2 Å². The van der Waals surface area contributed by atoms with Crippen LogP contribution in [-0.2, 0) is 6.61 Å². The number of fused-ring (bicyclic) bond motifs is 1. The van der Waals surface area contributed by atoms with Crippen LogP contribution in [0.3, 0.4) is 0 Å². The minimum absolute atomic E-state index is 0.0477. The number of rotatable bonds is 1. The Hall–Kier alpha value is -0.700. The fraction of sp³-hybridized carbons (Fsp3) is 0.111. The van der Waals surface area contributed by atoms with Gasteiger partial charge in [0.25, 0.3) is 0 Å². The van der Waals surface area contributed by atoms with Gasteiger partial charge in [-0.15, -0.1) is 0 Å². The van der Waals surface area contributed by atoms with E-state index < -0.39 is 0 Å². The second-order valence-corrected chi connectivity index (χ2v) is 3.54. The molecule has 13 heavy (non-hydrogen) atoms. The smallest absolute Gasteiger partial charge is 0.0702 e. The fourth-order valence-corrected chi connectivity index (χ4v) is 1.81. The summed E-state index contributed by atoms with van der Waals surface area (Å²) in [6, 6.07) is 3.51. The first kappa shape index (κ1) is 8.88. The quantitative estimate of drug-likeness (QED) is 0.755. The molecule has 0 aliphatic carbocycles. The normalized spacial score (nSPS) is 11.0. The van der Waals surface area contributed by atoms with Crippen LogP contribution in [0.25, 0.3) is 10.9 Å². The van der Waals surface area contributed by atoms with Crippen LogP contribution in [0.15, 0.2) is 18.3 Å². The number of H-pyrrole nitrogens is 1. The van der Waals surface area contributed by atoms with Crippen molar-refractivity contribution in [3.8, 4) is 0 Å². The molecule has 0 fully saturated rings. The standard InChI is InChI=1S/C9H7Cl2NO/c10-7-3-5(4-13)9-6(8(7)11)1-2-12-9/h1-3,12-13H,4H2. The highest BCUT2D eigenvalue weighted by molar-refractivity contribution is 6.45. The number of hydrogen-bond acceptors (Lipinski definition) is 1. The molecule has 0 unspecified atom stereocenters. The largest absolute Gasteiger partial charge is 0.392 e. The van der Waals surface area contributed by atoms with Crippen molar-refractivity contribution in [3.05, 3.63) is 33.9 Å². The van der Waals surface area contributed by atoms with E-state index in [-0.39, 0.29) is 6.61 Å². The van der Waals surface area contributed by atoms with E-state index in [2.05, 4.69) is 4.98 Å². The van der Waals surface area contributed by atoms with Gasteiger partial charge < -0.3 is 10.1 Å². The Labute approximate surface area is 85.1 Å². The highest BCUT2D eigenvalue weighted by Gasteiger charge is 2.08. The van der Waals surface area contributed by atoms with E-state index in [0.29, 0.717) is 10.0 Å². The zero-order chi connectivity index (χ0) is 9.42. The third-order valence-electron chi connectivity index (χ3n) is 1.99. The summed E-state index contributed by atoms with van der Waals surface area (Å²) in [6.07, 6.45) is 1.77. The number of benzene rings is 1. The molecule has 0 aliphatic rings. The molecule has 2 aromatic rings. The van der Waals surface area contributed by atoms with Gasteiger partial charge in [-0.2, -0.15) is 0 Å². The molecule has 0 aliphatic heterocycles. The van der Waals surface area contributed by atoms with Gasteiger partial charge in [0.15, 0.2) is 0 Å². The number of hydrogen-bond donors (Lipinski definition) is 2. The zero-order valence-electron chi connectivity index (χ0n) is 6.64. The Morgan fingerprint density at radius 1 is 1.38 bits per heavy atom. The van der Waals surface area contributed by atoms with Crippen molar-refractivity contribution in [3.63, 3.8) is 0 Å². The molecule has 0 atom stereocenters. The highest BCUT2D eigenvalue weighted by atomic mass is 35.5. The Balaban J connectivity index is 2.87. The summed E-state index contributed by atoms with van der Waals surface area (Å²) >= 11 is 11.8. The lowest BCUT2D eigenvalue weighted by Gasteiger charge is -2.03. The first-order valence-electron chi connectivity index (χ1n) is 3.79. The van der Waals surface area contributed by atoms with Crippen molar-refractivity contribution in [2.24, 2.45) is 0 Å². The van der Waals surface area contributed by atoms with Gasteiger partial charge in [0.1, 0.15) is 0 Å². The Kier molecular flexibility index (Phi) is 2.20. The van der Waals surface area contributed by atoms with Gasteiger partial charge in [0, 0.05) is 17.1 Å². The monoisotopic (exact) mass is 215 g/mol. The van der Waals surface area contributed by atoms with E-state index in [1.54, 1.807) is 12.3 Å². The topological polar surface area (TPSA) is 36.0 Å².